The Balaban J connectivity index is 0.00000127. The molecule has 0 spiro atoms. The minimum Gasteiger partial charge on any atom is -0.343 e. The number of likely N-dealkylation sites (tertiary alicyclic amines) is 2. The molecule has 0 bridgehead atoms. The van der Waals surface area contributed by atoms with Crippen LogP contribution in [0.5, 0.6) is 0 Å². The zero-order chi connectivity index (χ0) is 17.4. The van der Waals surface area contributed by atoms with Gasteiger partial charge in [0, 0.05) is 25.6 Å². The monoisotopic (exact) mass is 324 g/mol. The summed E-state index contributed by atoms with van der Waals surface area (Å²) >= 11 is 0. The Morgan fingerprint density at radius 1 is 0.913 bits per heavy atom. The second-order valence-electron chi connectivity index (χ2n) is 7.74. The number of carbonyl (C=O) groups is 1. The normalized spacial score (nSPS) is 21.5. The van der Waals surface area contributed by atoms with Gasteiger partial charge in [-0.2, -0.15) is 0 Å². The van der Waals surface area contributed by atoms with Crippen molar-refractivity contribution in [2.24, 2.45) is 17.8 Å². The van der Waals surface area contributed by atoms with Gasteiger partial charge >= 0.3 is 0 Å². The number of hydrogen-bond acceptors (Lipinski definition) is 2. The lowest BCUT2D eigenvalue weighted by Crippen LogP contribution is -2.42. The fourth-order valence-corrected chi connectivity index (χ4v) is 3.87. The molecule has 23 heavy (non-hydrogen) atoms. The highest BCUT2D eigenvalue weighted by molar-refractivity contribution is 5.76. The highest BCUT2D eigenvalue weighted by Crippen LogP contribution is 2.27. The number of rotatable bonds is 4. The van der Waals surface area contributed by atoms with Crippen molar-refractivity contribution in [1.29, 1.82) is 0 Å². The van der Waals surface area contributed by atoms with Gasteiger partial charge in [-0.1, -0.05) is 27.7 Å². The van der Waals surface area contributed by atoms with Crippen LogP contribution in [0.2, 0.25) is 0 Å². The SMILES string of the molecule is CC.CC(C)C1CCN(C(=O)CC2CCN(C(C)C)CC2)CC1. The van der Waals surface area contributed by atoms with Gasteiger partial charge < -0.3 is 9.80 Å². The summed E-state index contributed by atoms with van der Waals surface area (Å²) < 4.78 is 0. The highest BCUT2D eigenvalue weighted by atomic mass is 16.2. The second kappa shape index (κ2) is 10.3. The summed E-state index contributed by atoms with van der Waals surface area (Å²) in [5.74, 6) is 2.63. The largest absolute Gasteiger partial charge is 0.343 e. The van der Waals surface area contributed by atoms with Gasteiger partial charge in [0.1, 0.15) is 0 Å². The second-order valence-corrected chi connectivity index (χ2v) is 7.74. The first-order valence-corrected chi connectivity index (χ1v) is 9.99. The third-order valence-electron chi connectivity index (χ3n) is 5.68. The molecule has 2 rings (SSSR count). The molecule has 0 aromatic carbocycles. The first-order chi connectivity index (χ1) is 11.0. The lowest BCUT2D eigenvalue weighted by Gasteiger charge is -2.37. The van der Waals surface area contributed by atoms with E-state index >= 15 is 0 Å². The van der Waals surface area contributed by atoms with E-state index in [1.54, 1.807) is 0 Å². The summed E-state index contributed by atoms with van der Waals surface area (Å²) in [4.78, 5) is 17.1. The van der Waals surface area contributed by atoms with Crippen LogP contribution in [0.3, 0.4) is 0 Å². The minimum absolute atomic E-state index is 0.417. The van der Waals surface area contributed by atoms with Gasteiger partial charge in [0.2, 0.25) is 5.91 Å². The summed E-state index contributed by atoms with van der Waals surface area (Å²) in [6, 6.07) is 0.650. The molecular formula is C20H40N2O. The summed E-state index contributed by atoms with van der Waals surface area (Å²) in [5.41, 5.74) is 0. The first kappa shape index (κ1) is 20.5. The van der Waals surface area contributed by atoms with E-state index in [2.05, 4.69) is 37.5 Å². The molecule has 0 atom stereocenters. The molecule has 136 valence electrons. The van der Waals surface area contributed by atoms with Gasteiger partial charge in [-0.15, -0.1) is 0 Å². The molecule has 2 aliphatic rings. The zero-order valence-electron chi connectivity index (χ0n) is 16.5. The molecule has 0 radical (unpaired) electrons. The zero-order valence-corrected chi connectivity index (χ0v) is 16.5. The molecule has 0 aliphatic carbocycles. The first-order valence-electron chi connectivity index (χ1n) is 9.99. The van der Waals surface area contributed by atoms with Crippen molar-refractivity contribution < 1.29 is 4.79 Å². The summed E-state index contributed by atoms with van der Waals surface area (Å²) in [6.45, 7) is 17.5. The summed E-state index contributed by atoms with van der Waals surface area (Å²) in [7, 11) is 0. The average molecular weight is 325 g/mol. The van der Waals surface area contributed by atoms with Crippen LogP contribution in [-0.4, -0.2) is 47.9 Å². The van der Waals surface area contributed by atoms with Crippen molar-refractivity contribution in [3.63, 3.8) is 0 Å². The van der Waals surface area contributed by atoms with E-state index in [1.807, 2.05) is 13.8 Å². The van der Waals surface area contributed by atoms with Crippen molar-refractivity contribution in [3.05, 3.63) is 0 Å². The molecule has 0 aromatic heterocycles. The third kappa shape index (κ3) is 6.45. The third-order valence-corrected chi connectivity index (χ3v) is 5.68. The van der Waals surface area contributed by atoms with Gasteiger partial charge in [-0.3, -0.25) is 4.79 Å². The maximum Gasteiger partial charge on any atom is 0.222 e. The van der Waals surface area contributed by atoms with E-state index in [9.17, 15) is 4.79 Å². The fourth-order valence-electron chi connectivity index (χ4n) is 3.87. The summed E-state index contributed by atoms with van der Waals surface area (Å²) in [5, 5.41) is 0. The van der Waals surface area contributed by atoms with Crippen molar-refractivity contribution >= 4 is 5.91 Å². The van der Waals surface area contributed by atoms with Gasteiger partial charge in [-0.25, -0.2) is 0 Å². The number of nitrogens with zero attached hydrogens (tertiary/aromatic N) is 2. The Hall–Kier alpha value is -0.570. The van der Waals surface area contributed by atoms with E-state index in [0.717, 1.165) is 31.3 Å². The molecule has 2 aliphatic heterocycles. The van der Waals surface area contributed by atoms with Crippen molar-refractivity contribution in [3.8, 4) is 0 Å². The van der Waals surface area contributed by atoms with E-state index in [1.165, 1.54) is 38.8 Å². The number of amides is 1. The minimum atomic E-state index is 0.417. The maximum absolute atomic E-state index is 12.5. The Labute approximate surface area is 144 Å². The van der Waals surface area contributed by atoms with Gasteiger partial charge in [0.25, 0.3) is 0 Å². The quantitative estimate of drug-likeness (QED) is 0.764. The maximum atomic E-state index is 12.5. The standard InChI is InChI=1S/C18H34N2O.C2H6/c1-14(2)17-7-11-20(12-8-17)18(21)13-16-5-9-19(10-6-16)15(3)4;1-2/h14-17H,5-13H2,1-4H3;1-2H3. The molecule has 0 N–H and O–H groups in total. The molecule has 1 amide bonds. The van der Waals surface area contributed by atoms with Crippen molar-refractivity contribution in [1.82, 2.24) is 9.80 Å². The summed E-state index contributed by atoms with van der Waals surface area (Å²) in [6.07, 6.45) is 5.60. The fraction of sp³-hybridized carbons (Fsp3) is 0.950. The molecule has 2 fully saturated rings. The van der Waals surface area contributed by atoms with Crippen LogP contribution in [0.1, 0.15) is 73.6 Å². The van der Waals surface area contributed by atoms with E-state index in [0.29, 0.717) is 17.9 Å². The molecular weight excluding hydrogens is 284 g/mol. The molecule has 3 heteroatoms. The van der Waals surface area contributed by atoms with Crippen LogP contribution >= 0.6 is 0 Å². The predicted octanol–water partition coefficient (Wildman–Crippen LogP) is 4.42. The predicted molar refractivity (Wildman–Crippen MR) is 99.5 cm³/mol. The van der Waals surface area contributed by atoms with Crippen molar-refractivity contribution in [2.45, 2.75) is 79.7 Å². The van der Waals surface area contributed by atoms with E-state index in [4.69, 9.17) is 0 Å². The Morgan fingerprint density at radius 2 is 1.43 bits per heavy atom. The molecule has 2 saturated heterocycles. The van der Waals surface area contributed by atoms with Crippen LogP contribution in [0.25, 0.3) is 0 Å². The van der Waals surface area contributed by atoms with E-state index < -0.39 is 0 Å². The van der Waals surface area contributed by atoms with Crippen LogP contribution in [0.4, 0.5) is 0 Å². The van der Waals surface area contributed by atoms with Crippen LogP contribution in [0.15, 0.2) is 0 Å². The Morgan fingerprint density at radius 3 is 1.87 bits per heavy atom. The average Bonchev–Trinajstić information content (AvgIpc) is 2.57. The molecule has 2 heterocycles. The topological polar surface area (TPSA) is 23.6 Å². The van der Waals surface area contributed by atoms with Gasteiger partial charge in [0.15, 0.2) is 0 Å². The smallest absolute Gasteiger partial charge is 0.222 e. The lowest BCUT2D eigenvalue weighted by atomic mass is 9.86. The highest BCUT2D eigenvalue weighted by Gasteiger charge is 2.28. The number of carbonyl (C=O) groups excluding carboxylic acids is 1. The lowest BCUT2D eigenvalue weighted by molar-refractivity contribution is -0.134. The van der Waals surface area contributed by atoms with Crippen molar-refractivity contribution in [2.75, 3.05) is 26.2 Å². The van der Waals surface area contributed by atoms with Crippen LogP contribution in [0, 0.1) is 17.8 Å². The number of piperidine rings is 2. The molecule has 0 saturated carbocycles. The Kier molecular flexibility index (Phi) is 9.19. The Bertz CT molecular complexity index is 325. The number of hydrogen-bond donors (Lipinski definition) is 0. The van der Waals surface area contributed by atoms with E-state index in [-0.39, 0.29) is 0 Å². The van der Waals surface area contributed by atoms with Gasteiger partial charge in [-0.05, 0) is 70.4 Å². The molecule has 3 nitrogen and oxygen atoms in total. The van der Waals surface area contributed by atoms with Crippen LogP contribution < -0.4 is 0 Å². The molecule has 0 unspecified atom stereocenters. The molecule has 0 aromatic rings. The van der Waals surface area contributed by atoms with Crippen LogP contribution in [-0.2, 0) is 4.79 Å². The van der Waals surface area contributed by atoms with Gasteiger partial charge in [0.05, 0.1) is 0 Å².